The maximum absolute atomic E-state index is 12.5. The highest BCUT2D eigenvalue weighted by Crippen LogP contribution is 2.20. The van der Waals surface area contributed by atoms with Gasteiger partial charge in [-0.25, -0.2) is 0 Å². The van der Waals surface area contributed by atoms with E-state index in [1.165, 1.54) is 5.56 Å². The molecule has 1 amide bonds. The third-order valence-electron chi connectivity index (χ3n) is 4.11. The molecule has 0 fully saturated rings. The van der Waals surface area contributed by atoms with Crippen molar-refractivity contribution < 1.29 is 9.32 Å². The molecule has 3 aromatic rings. The Labute approximate surface area is 147 Å². The van der Waals surface area contributed by atoms with Crippen LogP contribution in [0.1, 0.15) is 36.2 Å². The van der Waals surface area contributed by atoms with Gasteiger partial charge in [0.15, 0.2) is 5.82 Å². The Morgan fingerprint density at radius 2 is 1.84 bits per heavy atom. The molecule has 1 aromatic heterocycles. The Hall–Kier alpha value is -2.95. The van der Waals surface area contributed by atoms with Crippen molar-refractivity contribution in [1.29, 1.82) is 0 Å². The molecule has 0 radical (unpaired) electrons. The number of nitrogens with zero attached hydrogens (tertiary/aromatic N) is 2. The number of benzene rings is 2. The summed E-state index contributed by atoms with van der Waals surface area (Å²) in [5.74, 6) is 0.714. The highest BCUT2D eigenvalue weighted by Gasteiger charge is 2.19. The van der Waals surface area contributed by atoms with Crippen LogP contribution in [0, 0.1) is 6.92 Å². The van der Waals surface area contributed by atoms with Gasteiger partial charge in [-0.05, 0) is 31.0 Å². The molecule has 25 heavy (non-hydrogen) atoms. The topological polar surface area (TPSA) is 68.0 Å². The fourth-order valence-corrected chi connectivity index (χ4v) is 2.69. The van der Waals surface area contributed by atoms with Crippen LogP contribution in [0.15, 0.2) is 59.1 Å². The maximum Gasteiger partial charge on any atom is 0.257 e. The van der Waals surface area contributed by atoms with Crippen LogP contribution in [0.25, 0.3) is 11.5 Å². The monoisotopic (exact) mass is 335 g/mol. The molecular formula is C20H21N3O2. The third-order valence-corrected chi connectivity index (χ3v) is 4.11. The molecule has 5 heteroatoms. The van der Waals surface area contributed by atoms with Crippen LogP contribution in [0.2, 0.25) is 0 Å². The predicted molar refractivity (Wildman–Crippen MR) is 95.8 cm³/mol. The summed E-state index contributed by atoms with van der Waals surface area (Å²) in [6.07, 6.45) is 0.733. The molecule has 0 aliphatic heterocycles. The Kier molecular flexibility index (Phi) is 5.23. The zero-order valence-corrected chi connectivity index (χ0v) is 14.4. The van der Waals surface area contributed by atoms with Crippen molar-refractivity contribution in [3.63, 3.8) is 0 Å². The molecule has 3 rings (SSSR count). The van der Waals surface area contributed by atoms with Gasteiger partial charge in [0.1, 0.15) is 0 Å². The van der Waals surface area contributed by atoms with E-state index in [4.69, 9.17) is 4.52 Å². The first-order valence-corrected chi connectivity index (χ1v) is 8.39. The van der Waals surface area contributed by atoms with Crippen molar-refractivity contribution >= 4 is 5.91 Å². The summed E-state index contributed by atoms with van der Waals surface area (Å²) in [5.41, 5.74) is 3.05. The van der Waals surface area contributed by atoms with Gasteiger partial charge in [-0.1, -0.05) is 60.1 Å². The van der Waals surface area contributed by atoms with Gasteiger partial charge < -0.3 is 9.84 Å². The zero-order valence-electron chi connectivity index (χ0n) is 14.4. The zero-order chi connectivity index (χ0) is 17.6. The van der Waals surface area contributed by atoms with Gasteiger partial charge in [0.2, 0.25) is 5.91 Å². The smallest absolute Gasteiger partial charge is 0.257 e. The first kappa shape index (κ1) is 16.9. The van der Waals surface area contributed by atoms with E-state index in [1.54, 1.807) is 0 Å². The SMILES string of the molecule is CCC(C(=O)NCc1noc(-c2ccc(C)cc2)n1)c1ccccc1. The number of amides is 1. The normalized spacial score (nSPS) is 11.9. The molecule has 0 bridgehead atoms. The van der Waals surface area contributed by atoms with Crippen molar-refractivity contribution in [3.05, 3.63) is 71.5 Å². The van der Waals surface area contributed by atoms with Gasteiger partial charge in [0.25, 0.3) is 5.89 Å². The minimum absolute atomic E-state index is 0.0321. The van der Waals surface area contributed by atoms with Crippen LogP contribution in [-0.4, -0.2) is 16.0 Å². The minimum atomic E-state index is -0.176. The highest BCUT2D eigenvalue weighted by atomic mass is 16.5. The van der Waals surface area contributed by atoms with Gasteiger partial charge >= 0.3 is 0 Å². The van der Waals surface area contributed by atoms with E-state index in [0.717, 1.165) is 17.5 Å². The number of nitrogens with one attached hydrogen (secondary N) is 1. The lowest BCUT2D eigenvalue weighted by molar-refractivity contribution is -0.122. The fourth-order valence-electron chi connectivity index (χ4n) is 2.69. The maximum atomic E-state index is 12.5. The van der Waals surface area contributed by atoms with Crippen LogP contribution in [0.4, 0.5) is 0 Å². The Bertz CT molecular complexity index is 826. The molecule has 1 N–H and O–H groups in total. The first-order valence-electron chi connectivity index (χ1n) is 8.39. The van der Waals surface area contributed by atoms with E-state index in [9.17, 15) is 4.79 Å². The lowest BCUT2D eigenvalue weighted by atomic mass is 9.96. The molecule has 0 saturated heterocycles. The molecule has 0 aliphatic carbocycles. The number of carbonyl (C=O) groups excluding carboxylic acids is 1. The summed E-state index contributed by atoms with van der Waals surface area (Å²) in [7, 11) is 0. The highest BCUT2D eigenvalue weighted by molar-refractivity contribution is 5.83. The number of hydrogen-bond acceptors (Lipinski definition) is 4. The van der Waals surface area contributed by atoms with Crippen LogP contribution >= 0.6 is 0 Å². The number of rotatable bonds is 6. The number of carbonyl (C=O) groups is 1. The third kappa shape index (κ3) is 4.12. The molecule has 0 spiro atoms. The molecular weight excluding hydrogens is 314 g/mol. The Morgan fingerprint density at radius 3 is 2.52 bits per heavy atom. The van der Waals surface area contributed by atoms with Crippen LogP contribution in [0.5, 0.6) is 0 Å². The van der Waals surface area contributed by atoms with Crippen LogP contribution < -0.4 is 5.32 Å². The van der Waals surface area contributed by atoms with Crippen LogP contribution in [-0.2, 0) is 11.3 Å². The lowest BCUT2D eigenvalue weighted by Gasteiger charge is -2.14. The van der Waals surface area contributed by atoms with Gasteiger partial charge in [-0.2, -0.15) is 4.98 Å². The minimum Gasteiger partial charge on any atom is -0.348 e. The average Bonchev–Trinajstić information content (AvgIpc) is 3.11. The largest absolute Gasteiger partial charge is 0.348 e. The second-order valence-electron chi connectivity index (χ2n) is 5.97. The van der Waals surface area contributed by atoms with E-state index in [0.29, 0.717) is 11.7 Å². The molecule has 2 aromatic carbocycles. The van der Waals surface area contributed by atoms with Gasteiger partial charge in [-0.15, -0.1) is 0 Å². The number of aromatic nitrogens is 2. The number of aryl methyl sites for hydroxylation is 1. The molecule has 0 saturated carbocycles. The molecule has 1 atom stereocenters. The summed E-state index contributed by atoms with van der Waals surface area (Å²) in [6, 6.07) is 17.6. The molecule has 128 valence electrons. The van der Waals surface area contributed by atoms with Gasteiger partial charge in [0.05, 0.1) is 12.5 Å². The molecule has 5 nitrogen and oxygen atoms in total. The van der Waals surface area contributed by atoms with E-state index in [-0.39, 0.29) is 18.4 Å². The Balaban J connectivity index is 1.63. The van der Waals surface area contributed by atoms with E-state index < -0.39 is 0 Å². The molecule has 0 aliphatic rings. The van der Waals surface area contributed by atoms with Crippen molar-refractivity contribution in [2.75, 3.05) is 0 Å². The van der Waals surface area contributed by atoms with Crippen molar-refractivity contribution in [3.8, 4) is 11.5 Å². The fraction of sp³-hybridized carbons (Fsp3) is 0.250. The second-order valence-corrected chi connectivity index (χ2v) is 5.97. The van der Waals surface area contributed by atoms with Crippen molar-refractivity contribution in [2.45, 2.75) is 32.7 Å². The van der Waals surface area contributed by atoms with E-state index in [1.807, 2.05) is 68.4 Å². The summed E-state index contributed by atoms with van der Waals surface area (Å²) in [5, 5.41) is 6.84. The summed E-state index contributed by atoms with van der Waals surface area (Å²) in [6.45, 7) is 4.27. The first-order chi connectivity index (χ1) is 12.2. The number of hydrogen-bond donors (Lipinski definition) is 1. The van der Waals surface area contributed by atoms with Gasteiger partial charge in [0, 0.05) is 5.56 Å². The Morgan fingerprint density at radius 1 is 1.12 bits per heavy atom. The molecule has 1 heterocycles. The van der Waals surface area contributed by atoms with E-state index >= 15 is 0 Å². The standard InChI is InChI=1S/C20H21N3O2/c1-3-17(15-7-5-4-6-8-15)19(24)21-13-18-22-20(25-23-18)16-11-9-14(2)10-12-16/h4-12,17H,3,13H2,1-2H3,(H,21,24). The molecule has 1 unspecified atom stereocenters. The summed E-state index contributed by atoms with van der Waals surface area (Å²) < 4.78 is 5.28. The quantitative estimate of drug-likeness (QED) is 0.743. The second kappa shape index (κ2) is 7.75. The van der Waals surface area contributed by atoms with E-state index in [2.05, 4.69) is 15.5 Å². The van der Waals surface area contributed by atoms with Gasteiger partial charge in [-0.3, -0.25) is 4.79 Å². The summed E-state index contributed by atoms with van der Waals surface area (Å²) in [4.78, 5) is 16.8. The summed E-state index contributed by atoms with van der Waals surface area (Å²) >= 11 is 0. The predicted octanol–water partition coefficient (Wildman–Crippen LogP) is 3.86. The average molecular weight is 335 g/mol. The van der Waals surface area contributed by atoms with Crippen LogP contribution in [0.3, 0.4) is 0 Å². The lowest BCUT2D eigenvalue weighted by Crippen LogP contribution is -2.29. The van der Waals surface area contributed by atoms with Crippen molar-refractivity contribution in [2.24, 2.45) is 0 Å². The van der Waals surface area contributed by atoms with Crippen molar-refractivity contribution in [1.82, 2.24) is 15.5 Å².